The second-order valence-corrected chi connectivity index (χ2v) is 4.18. The molecule has 1 N–H and O–H groups in total. The molecule has 0 fully saturated rings. The summed E-state index contributed by atoms with van der Waals surface area (Å²) in [5, 5.41) is 2.57. The minimum absolute atomic E-state index is 0.0282. The van der Waals surface area contributed by atoms with Crippen molar-refractivity contribution in [1.82, 2.24) is 5.32 Å². The first-order valence-electron chi connectivity index (χ1n) is 5.26. The molecular formula is C12H14F3NO. The molecule has 94 valence electrons. The quantitative estimate of drug-likeness (QED) is 0.871. The van der Waals surface area contributed by atoms with Crippen molar-refractivity contribution in [3.8, 4) is 0 Å². The number of carbonyl (C=O) groups excluding carboxylic acids is 1. The van der Waals surface area contributed by atoms with Gasteiger partial charge in [0.2, 0.25) is 0 Å². The lowest BCUT2D eigenvalue weighted by Crippen LogP contribution is -2.27. The molecule has 0 radical (unpaired) electrons. The number of alkyl halides is 3. The third kappa shape index (κ3) is 4.09. The Balaban J connectivity index is 2.81. The van der Waals surface area contributed by atoms with Gasteiger partial charge < -0.3 is 5.32 Å². The van der Waals surface area contributed by atoms with Crippen molar-refractivity contribution in [2.45, 2.75) is 20.0 Å². The average molecular weight is 245 g/mol. The van der Waals surface area contributed by atoms with E-state index in [9.17, 15) is 18.0 Å². The van der Waals surface area contributed by atoms with Crippen LogP contribution >= 0.6 is 0 Å². The molecule has 0 atom stereocenters. The first-order chi connectivity index (χ1) is 7.80. The van der Waals surface area contributed by atoms with Crippen LogP contribution in [-0.4, -0.2) is 12.5 Å². The van der Waals surface area contributed by atoms with E-state index in [-0.39, 0.29) is 11.5 Å². The summed E-state index contributed by atoms with van der Waals surface area (Å²) in [6, 6.07) is 4.40. The molecule has 0 aliphatic heterocycles. The maximum absolute atomic E-state index is 12.4. The number of hydrogen-bond acceptors (Lipinski definition) is 1. The monoisotopic (exact) mass is 245 g/mol. The van der Waals surface area contributed by atoms with Gasteiger partial charge in [0.15, 0.2) is 0 Å². The van der Waals surface area contributed by atoms with Crippen molar-refractivity contribution in [2.24, 2.45) is 5.92 Å². The molecule has 0 heterocycles. The molecule has 0 bridgehead atoms. The first kappa shape index (κ1) is 13.5. The third-order valence-electron chi connectivity index (χ3n) is 2.12. The lowest BCUT2D eigenvalue weighted by molar-refractivity contribution is -0.137. The van der Waals surface area contributed by atoms with E-state index in [4.69, 9.17) is 0 Å². The second-order valence-electron chi connectivity index (χ2n) is 4.18. The molecular weight excluding hydrogens is 231 g/mol. The Morgan fingerprint density at radius 2 is 2.00 bits per heavy atom. The Morgan fingerprint density at radius 1 is 1.35 bits per heavy atom. The zero-order chi connectivity index (χ0) is 13.1. The molecule has 0 aliphatic rings. The fourth-order valence-electron chi connectivity index (χ4n) is 1.24. The fraction of sp³-hybridized carbons (Fsp3) is 0.417. The van der Waals surface area contributed by atoms with Gasteiger partial charge in [-0.1, -0.05) is 19.9 Å². The van der Waals surface area contributed by atoms with E-state index in [1.54, 1.807) is 0 Å². The zero-order valence-corrected chi connectivity index (χ0v) is 9.64. The van der Waals surface area contributed by atoms with Crippen LogP contribution in [0.5, 0.6) is 0 Å². The van der Waals surface area contributed by atoms with E-state index in [1.807, 2.05) is 13.8 Å². The van der Waals surface area contributed by atoms with E-state index < -0.39 is 17.6 Å². The second kappa shape index (κ2) is 5.21. The van der Waals surface area contributed by atoms with Gasteiger partial charge in [-0.25, -0.2) is 0 Å². The van der Waals surface area contributed by atoms with Gasteiger partial charge in [0.1, 0.15) is 0 Å². The van der Waals surface area contributed by atoms with Crippen LogP contribution in [0.15, 0.2) is 24.3 Å². The predicted octanol–water partition coefficient (Wildman–Crippen LogP) is 3.09. The summed E-state index contributed by atoms with van der Waals surface area (Å²) in [6.45, 7) is 4.26. The van der Waals surface area contributed by atoms with E-state index in [2.05, 4.69) is 5.32 Å². The molecule has 0 aromatic heterocycles. The van der Waals surface area contributed by atoms with Crippen molar-refractivity contribution in [3.05, 3.63) is 35.4 Å². The van der Waals surface area contributed by atoms with Crippen molar-refractivity contribution in [2.75, 3.05) is 6.54 Å². The highest BCUT2D eigenvalue weighted by Crippen LogP contribution is 2.29. The van der Waals surface area contributed by atoms with Crippen LogP contribution in [0.3, 0.4) is 0 Å². The minimum Gasteiger partial charge on any atom is -0.352 e. The largest absolute Gasteiger partial charge is 0.416 e. The molecule has 5 heteroatoms. The molecule has 0 saturated heterocycles. The zero-order valence-electron chi connectivity index (χ0n) is 9.64. The highest BCUT2D eigenvalue weighted by molar-refractivity contribution is 5.94. The van der Waals surface area contributed by atoms with E-state index >= 15 is 0 Å². The van der Waals surface area contributed by atoms with Crippen LogP contribution in [0.1, 0.15) is 29.8 Å². The summed E-state index contributed by atoms with van der Waals surface area (Å²) < 4.78 is 37.2. The predicted molar refractivity (Wildman–Crippen MR) is 58.6 cm³/mol. The Bertz CT molecular complexity index is 399. The van der Waals surface area contributed by atoms with Crippen molar-refractivity contribution < 1.29 is 18.0 Å². The summed E-state index contributed by atoms with van der Waals surface area (Å²) >= 11 is 0. The number of halogens is 3. The van der Waals surface area contributed by atoms with Gasteiger partial charge in [0, 0.05) is 12.1 Å². The van der Waals surface area contributed by atoms with Gasteiger partial charge in [-0.05, 0) is 24.1 Å². The number of benzene rings is 1. The van der Waals surface area contributed by atoms with Crippen molar-refractivity contribution in [1.29, 1.82) is 0 Å². The van der Waals surface area contributed by atoms with Crippen LogP contribution < -0.4 is 5.32 Å². The minimum atomic E-state index is -4.42. The molecule has 0 saturated carbocycles. The van der Waals surface area contributed by atoms with E-state index in [1.165, 1.54) is 12.1 Å². The van der Waals surface area contributed by atoms with E-state index in [0.717, 1.165) is 12.1 Å². The van der Waals surface area contributed by atoms with Gasteiger partial charge in [-0.15, -0.1) is 0 Å². The van der Waals surface area contributed by atoms with E-state index in [0.29, 0.717) is 6.54 Å². The van der Waals surface area contributed by atoms with Crippen LogP contribution in [-0.2, 0) is 6.18 Å². The number of rotatable bonds is 3. The Hall–Kier alpha value is -1.52. The highest BCUT2D eigenvalue weighted by Gasteiger charge is 2.30. The lowest BCUT2D eigenvalue weighted by atomic mass is 10.1. The lowest BCUT2D eigenvalue weighted by Gasteiger charge is -2.10. The molecule has 2 nitrogen and oxygen atoms in total. The molecule has 1 amide bonds. The topological polar surface area (TPSA) is 29.1 Å². The molecule has 17 heavy (non-hydrogen) atoms. The summed E-state index contributed by atoms with van der Waals surface area (Å²) in [5.41, 5.74) is -0.782. The number of amides is 1. The number of nitrogens with one attached hydrogen (secondary N) is 1. The average Bonchev–Trinajstić information content (AvgIpc) is 2.25. The molecule has 1 aromatic carbocycles. The normalized spacial score (nSPS) is 11.6. The Morgan fingerprint density at radius 3 is 2.53 bits per heavy atom. The summed E-state index contributed by atoms with van der Waals surface area (Å²) in [6.07, 6.45) is -4.42. The van der Waals surface area contributed by atoms with Crippen molar-refractivity contribution >= 4 is 5.91 Å². The molecule has 1 rings (SSSR count). The Kier molecular flexibility index (Phi) is 4.15. The molecule has 1 aromatic rings. The van der Waals surface area contributed by atoms with Gasteiger partial charge in [-0.3, -0.25) is 4.79 Å². The number of carbonyl (C=O) groups is 1. The van der Waals surface area contributed by atoms with Crippen LogP contribution in [0.4, 0.5) is 13.2 Å². The maximum atomic E-state index is 12.4. The van der Waals surface area contributed by atoms with Crippen LogP contribution in [0, 0.1) is 5.92 Å². The van der Waals surface area contributed by atoms with Gasteiger partial charge in [0.05, 0.1) is 5.56 Å². The third-order valence-corrected chi connectivity index (χ3v) is 2.12. The standard InChI is InChI=1S/C12H14F3NO/c1-8(2)7-16-11(17)9-4-3-5-10(6-9)12(13,14)15/h3-6,8H,7H2,1-2H3,(H,16,17). The Labute approximate surface area is 97.8 Å². The van der Waals surface area contributed by atoms with Crippen molar-refractivity contribution in [3.63, 3.8) is 0 Å². The van der Waals surface area contributed by atoms with Gasteiger partial charge in [0.25, 0.3) is 5.91 Å². The summed E-state index contributed by atoms with van der Waals surface area (Å²) in [7, 11) is 0. The smallest absolute Gasteiger partial charge is 0.352 e. The highest BCUT2D eigenvalue weighted by atomic mass is 19.4. The first-order valence-corrected chi connectivity index (χ1v) is 5.26. The summed E-state index contributed by atoms with van der Waals surface area (Å²) in [5.74, 6) is -0.227. The van der Waals surface area contributed by atoms with Gasteiger partial charge in [-0.2, -0.15) is 13.2 Å². The SMILES string of the molecule is CC(C)CNC(=O)c1cccc(C(F)(F)F)c1. The molecule has 0 unspecified atom stereocenters. The summed E-state index contributed by atoms with van der Waals surface area (Å²) in [4.78, 5) is 11.5. The fourth-order valence-corrected chi connectivity index (χ4v) is 1.24. The van der Waals surface area contributed by atoms with Crippen LogP contribution in [0.25, 0.3) is 0 Å². The van der Waals surface area contributed by atoms with Gasteiger partial charge >= 0.3 is 6.18 Å². The molecule has 0 aliphatic carbocycles. The maximum Gasteiger partial charge on any atom is 0.416 e. The van der Waals surface area contributed by atoms with Crippen LogP contribution in [0.2, 0.25) is 0 Å². The molecule has 0 spiro atoms. The number of hydrogen-bond donors (Lipinski definition) is 1.